The lowest BCUT2D eigenvalue weighted by Crippen LogP contribution is -2.28. The van der Waals surface area contributed by atoms with Crippen molar-refractivity contribution in [2.75, 3.05) is 0 Å². The fourth-order valence-electron chi connectivity index (χ4n) is 2.53. The fourth-order valence-corrected chi connectivity index (χ4v) is 2.53. The van der Waals surface area contributed by atoms with E-state index in [1.165, 1.54) is 38.5 Å². The molecule has 14 heavy (non-hydrogen) atoms. The van der Waals surface area contributed by atoms with Gasteiger partial charge in [-0.05, 0) is 18.3 Å². The summed E-state index contributed by atoms with van der Waals surface area (Å²) in [5, 5.41) is 0. The molecule has 1 nitrogen and oxygen atoms in total. The largest absolute Gasteiger partial charge is 0.299 e. The van der Waals surface area contributed by atoms with Gasteiger partial charge in [0, 0.05) is 12.3 Å². The van der Waals surface area contributed by atoms with E-state index in [0.29, 0.717) is 11.2 Å². The molecule has 0 bridgehead atoms. The lowest BCUT2D eigenvalue weighted by Gasteiger charge is -2.36. The molecule has 0 aliphatic heterocycles. The number of hydrogen-bond acceptors (Lipinski definition) is 1. The maximum atomic E-state index is 11.8. The molecule has 1 heteroatoms. The summed E-state index contributed by atoms with van der Waals surface area (Å²) in [7, 11) is 0. The van der Waals surface area contributed by atoms with Crippen LogP contribution < -0.4 is 0 Å². The van der Waals surface area contributed by atoms with Crippen LogP contribution in [0.1, 0.15) is 65.7 Å². The zero-order chi connectivity index (χ0) is 10.6. The number of carbonyl (C=O) groups is 1. The molecular weight excluding hydrogens is 172 g/mol. The SMILES string of the molecule is CCC1(CC(=O)C(C)C)CCCCC1. The van der Waals surface area contributed by atoms with Crippen molar-refractivity contribution in [3.63, 3.8) is 0 Å². The Labute approximate surface area is 88.3 Å². The first-order chi connectivity index (χ1) is 6.59. The van der Waals surface area contributed by atoms with Crippen LogP contribution in [0.25, 0.3) is 0 Å². The van der Waals surface area contributed by atoms with Gasteiger partial charge in [0.15, 0.2) is 0 Å². The van der Waals surface area contributed by atoms with Crippen molar-refractivity contribution in [1.82, 2.24) is 0 Å². The predicted molar refractivity (Wildman–Crippen MR) is 60.3 cm³/mol. The molecule has 0 radical (unpaired) electrons. The summed E-state index contributed by atoms with van der Waals surface area (Å²) < 4.78 is 0. The van der Waals surface area contributed by atoms with E-state index in [-0.39, 0.29) is 5.92 Å². The smallest absolute Gasteiger partial charge is 0.135 e. The van der Waals surface area contributed by atoms with Crippen molar-refractivity contribution >= 4 is 5.78 Å². The maximum absolute atomic E-state index is 11.8. The first kappa shape index (κ1) is 11.7. The van der Waals surface area contributed by atoms with E-state index >= 15 is 0 Å². The Morgan fingerprint density at radius 1 is 1.21 bits per heavy atom. The Morgan fingerprint density at radius 3 is 2.21 bits per heavy atom. The molecule has 1 aliphatic carbocycles. The molecule has 1 aliphatic rings. The third-order valence-corrected chi connectivity index (χ3v) is 3.86. The van der Waals surface area contributed by atoms with E-state index in [2.05, 4.69) is 6.92 Å². The van der Waals surface area contributed by atoms with Crippen LogP contribution in [0.15, 0.2) is 0 Å². The quantitative estimate of drug-likeness (QED) is 0.665. The highest BCUT2D eigenvalue weighted by Gasteiger charge is 2.32. The Morgan fingerprint density at radius 2 is 1.79 bits per heavy atom. The van der Waals surface area contributed by atoms with Gasteiger partial charge >= 0.3 is 0 Å². The monoisotopic (exact) mass is 196 g/mol. The first-order valence-electron chi connectivity index (χ1n) is 6.12. The normalized spacial score (nSPS) is 21.1. The van der Waals surface area contributed by atoms with Gasteiger partial charge in [0.1, 0.15) is 5.78 Å². The Hall–Kier alpha value is -0.330. The summed E-state index contributed by atoms with van der Waals surface area (Å²) in [5.41, 5.74) is 0.375. The zero-order valence-corrected chi connectivity index (χ0v) is 9.94. The van der Waals surface area contributed by atoms with Gasteiger partial charge in [-0.1, -0.05) is 46.5 Å². The van der Waals surface area contributed by atoms with Crippen LogP contribution >= 0.6 is 0 Å². The zero-order valence-electron chi connectivity index (χ0n) is 9.94. The maximum Gasteiger partial charge on any atom is 0.135 e. The molecule has 1 fully saturated rings. The fraction of sp³-hybridized carbons (Fsp3) is 0.923. The molecule has 1 rings (SSSR count). The molecule has 1 saturated carbocycles. The molecule has 0 aromatic rings. The third-order valence-electron chi connectivity index (χ3n) is 3.86. The van der Waals surface area contributed by atoms with Crippen molar-refractivity contribution in [3.05, 3.63) is 0 Å². The molecule has 0 spiro atoms. The number of ketones is 1. The third kappa shape index (κ3) is 2.83. The molecular formula is C13H24O. The standard InChI is InChI=1S/C13H24O/c1-4-13(8-6-5-7-9-13)10-12(14)11(2)3/h11H,4-10H2,1-3H3. The van der Waals surface area contributed by atoms with Gasteiger partial charge < -0.3 is 0 Å². The van der Waals surface area contributed by atoms with Crippen LogP contribution in [-0.4, -0.2) is 5.78 Å². The highest BCUT2D eigenvalue weighted by molar-refractivity contribution is 5.80. The second kappa shape index (κ2) is 4.95. The van der Waals surface area contributed by atoms with Crippen LogP contribution in [0.5, 0.6) is 0 Å². The second-order valence-electron chi connectivity index (χ2n) is 5.21. The lowest BCUT2D eigenvalue weighted by molar-refractivity contribution is -0.124. The van der Waals surface area contributed by atoms with Crippen molar-refractivity contribution in [3.8, 4) is 0 Å². The highest BCUT2D eigenvalue weighted by Crippen LogP contribution is 2.42. The number of Topliss-reactive ketones (excluding diaryl/α,β-unsaturated/α-hetero) is 1. The van der Waals surface area contributed by atoms with Gasteiger partial charge in [0.05, 0.1) is 0 Å². The first-order valence-corrected chi connectivity index (χ1v) is 6.12. The molecule has 0 atom stereocenters. The Kier molecular flexibility index (Phi) is 4.15. The summed E-state index contributed by atoms with van der Waals surface area (Å²) >= 11 is 0. The molecule has 0 amide bonds. The second-order valence-corrected chi connectivity index (χ2v) is 5.21. The summed E-state index contributed by atoms with van der Waals surface area (Å²) in [5.74, 6) is 0.689. The molecule has 0 aromatic carbocycles. The molecule has 0 N–H and O–H groups in total. The van der Waals surface area contributed by atoms with Crippen LogP contribution in [0.3, 0.4) is 0 Å². The Bertz CT molecular complexity index is 187. The molecule has 0 unspecified atom stereocenters. The van der Waals surface area contributed by atoms with Crippen molar-refractivity contribution in [2.45, 2.75) is 65.7 Å². The van der Waals surface area contributed by atoms with Crippen molar-refractivity contribution < 1.29 is 4.79 Å². The minimum absolute atomic E-state index is 0.223. The highest BCUT2D eigenvalue weighted by atomic mass is 16.1. The molecule has 0 aromatic heterocycles. The summed E-state index contributed by atoms with van der Waals surface area (Å²) in [6.45, 7) is 6.29. The van der Waals surface area contributed by atoms with Gasteiger partial charge in [-0.25, -0.2) is 0 Å². The van der Waals surface area contributed by atoms with E-state index in [4.69, 9.17) is 0 Å². The molecule has 0 saturated heterocycles. The lowest BCUT2D eigenvalue weighted by atomic mass is 9.68. The van der Waals surface area contributed by atoms with Gasteiger partial charge in [0.2, 0.25) is 0 Å². The topological polar surface area (TPSA) is 17.1 Å². The van der Waals surface area contributed by atoms with E-state index in [9.17, 15) is 4.79 Å². The van der Waals surface area contributed by atoms with Crippen LogP contribution in [-0.2, 0) is 4.79 Å². The van der Waals surface area contributed by atoms with Crippen LogP contribution in [0, 0.1) is 11.3 Å². The average molecular weight is 196 g/mol. The summed E-state index contributed by atoms with van der Waals surface area (Å²) in [6.07, 6.45) is 8.62. The minimum atomic E-state index is 0.223. The van der Waals surface area contributed by atoms with Gasteiger partial charge in [-0.2, -0.15) is 0 Å². The van der Waals surface area contributed by atoms with Crippen LogP contribution in [0.4, 0.5) is 0 Å². The van der Waals surface area contributed by atoms with Crippen molar-refractivity contribution in [2.24, 2.45) is 11.3 Å². The number of hydrogen-bond donors (Lipinski definition) is 0. The van der Waals surface area contributed by atoms with Gasteiger partial charge in [-0.3, -0.25) is 4.79 Å². The number of rotatable bonds is 4. The summed E-state index contributed by atoms with van der Waals surface area (Å²) in [4.78, 5) is 11.8. The molecule has 82 valence electrons. The van der Waals surface area contributed by atoms with E-state index < -0.39 is 0 Å². The van der Waals surface area contributed by atoms with Crippen molar-refractivity contribution in [1.29, 1.82) is 0 Å². The van der Waals surface area contributed by atoms with Crippen LogP contribution in [0.2, 0.25) is 0 Å². The van der Waals surface area contributed by atoms with Gasteiger partial charge in [0.25, 0.3) is 0 Å². The average Bonchev–Trinajstić information content (AvgIpc) is 2.19. The Balaban J connectivity index is 2.56. The minimum Gasteiger partial charge on any atom is -0.299 e. The van der Waals surface area contributed by atoms with Gasteiger partial charge in [-0.15, -0.1) is 0 Å². The number of carbonyl (C=O) groups excluding carboxylic acids is 1. The van der Waals surface area contributed by atoms with E-state index in [1.807, 2.05) is 13.8 Å². The predicted octanol–water partition coefficient (Wildman–Crippen LogP) is 3.96. The van der Waals surface area contributed by atoms with E-state index in [1.54, 1.807) is 0 Å². The summed E-state index contributed by atoms with van der Waals surface area (Å²) in [6, 6.07) is 0. The molecule has 0 heterocycles. The van der Waals surface area contributed by atoms with E-state index in [0.717, 1.165) is 6.42 Å².